The van der Waals surface area contributed by atoms with E-state index in [0.29, 0.717) is 13.0 Å². The summed E-state index contributed by atoms with van der Waals surface area (Å²) in [6, 6.07) is 2.17. The summed E-state index contributed by atoms with van der Waals surface area (Å²) in [5.74, 6) is -0.231. The second-order valence-electron chi connectivity index (χ2n) is 5.60. The van der Waals surface area contributed by atoms with Crippen molar-refractivity contribution in [1.82, 2.24) is 5.32 Å². The van der Waals surface area contributed by atoms with Crippen molar-refractivity contribution >= 4 is 5.97 Å². The van der Waals surface area contributed by atoms with Crippen LogP contribution in [0.1, 0.15) is 34.2 Å². The summed E-state index contributed by atoms with van der Waals surface area (Å²) >= 11 is 0. The first-order valence-electron chi connectivity index (χ1n) is 7.38. The Labute approximate surface area is 127 Å². The van der Waals surface area contributed by atoms with E-state index < -0.39 is 0 Å². The number of ether oxygens (including phenoxy) is 1. The highest BCUT2D eigenvalue weighted by Gasteiger charge is 2.18. The fourth-order valence-corrected chi connectivity index (χ4v) is 2.62. The molecule has 118 valence electrons. The third kappa shape index (κ3) is 4.83. The Morgan fingerprint density at radius 1 is 1.24 bits per heavy atom. The van der Waals surface area contributed by atoms with Crippen LogP contribution in [0.5, 0.6) is 0 Å². The molecule has 4 heteroatoms. The van der Waals surface area contributed by atoms with E-state index in [9.17, 15) is 4.79 Å². The summed E-state index contributed by atoms with van der Waals surface area (Å²) < 4.78 is 4.76. The molecule has 1 atom stereocenters. The Hall–Kier alpha value is -1.39. The molecule has 2 N–H and O–H groups in total. The first-order chi connectivity index (χ1) is 9.90. The average molecular weight is 293 g/mol. The van der Waals surface area contributed by atoms with E-state index in [0.717, 1.165) is 6.42 Å². The number of rotatable bonds is 7. The topological polar surface area (TPSA) is 58.6 Å². The number of aliphatic hydroxyl groups is 1. The van der Waals surface area contributed by atoms with Crippen molar-refractivity contribution in [2.45, 2.75) is 46.6 Å². The van der Waals surface area contributed by atoms with Crippen LogP contribution in [0.3, 0.4) is 0 Å². The third-order valence-electron chi connectivity index (χ3n) is 4.16. The summed E-state index contributed by atoms with van der Waals surface area (Å²) in [5, 5.41) is 12.2. The van der Waals surface area contributed by atoms with Crippen molar-refractivity contribution in [2.75, 3.05) is 20.3 Å². The largest absolute Gasteiger partial charge is 0.469 e. The molecule has 4 nitrogen and oxygen atoms in total. The van der Waals surface area contributed by atoms with E-state index in [4.69, 9.17) is 9.84 Å². The fourth-order valence-electron chi connectivity index (χ4n) is 2.62. The van der Waals surface area contributed by atoms with Crippen LogP contribution in [0.15, 0.2) is 6.07 Å². The lowest BCUT2D eigenvalue weighted by Crippen LogP contribution is -2.36. The monoisotopic (exact) mass is 293 g/mol. The zero-order valence-electron chi connectivity index (χ0n) is 13.7. The molecule has 0 aliphatic rings. The van der Waals surface area contributed by atoms with Crippen LogP contribution >= 0.6 is 0 Å². The van der Waals surface area contributed by atoms with Gasteiger partial charge >= 0.3 is 5.97 Å². The van der Waals surface area contributed by atoms with Crippen LogP contribution in [-0.2, 0) is 16.0 Å². The standard InChI is InChI=1S/C17H27NO3/c1-11-8-12(2)14(4)16(13(11)3)9-15(18-6-7-19)10-17(20)21-5/h8,15,18-19H,6-7,9-10H2,1-5H3. The molecule has 21 heavy (non-hydrogen) atoms. The first-order valence-corrected chi connectivity index (χ1v) is 7.38. The normalized spacial score (nSPS) is 12.3. The second-order valence-corrected chi connectivity index (χ2v) is 5.60. The lowest BCUT2D eigenvalue weighted by molar-refractivity contribution is -0.141. The number of carbonyl (C=O) groups excluding carboxylic acids is 1. The number of aryl methyl sites for hydroxylation is 2. The molecule has 0 amide bonds. The number of methoxy groups -OCH3 is 1. The van der Waals surface area contributed by atoms with Gasteiger partial charge in [0, 0.05) is 12.6 Å². The molecule has 0 fully saturated rings. The van der Waals surface area contributed by atoms with Crippen LogP contribution in [0.4, 0.5) is 0 Å². The van der Waals surface area contributed by atoms with Gasteiger partial charge in [-0.25, -0.2) is 0 Å². The molecular formula is C17H27NO3. The summed E-state index contributed by atoms with van der Waals surface area (Å²) in [6.45, 7) is 9.01. The number of carbonyl (C=O) groups is 1. The number of aliphatic hydroxyl groups excluding tert-OH is 1. The summed E-state index contributed by atoms with van der Waals surface area (Å²) in [5.41, 5.74) is 6.38. The smallest absolute Gasteiger partial charge is 0.307 e. The molecule has 0 radical (unpaired) electrons. The van der Waals surface area contributed by atoms with Gasteiger partial charge in [-0.2, -0.15) is 0 Å². The molecule has 0 aromatic heterocycles. The molecule has 0 bridgehead atoms. The SMILES string of the molecule is COC(=O)CC(Cc1c(C)c(C)cc(C)c1C)NCCO. The van der Waals surface area contributed by atoms with Crippen molar-refractivity contribution in [3.8, 4) is 0 Å². The summed E-state index contributed by atoms with van der Waals surface area (Å²) in [4.78, 5) is 11.6. The van der Waals surface area contributed by atoms with Gasteiger partial charge in [-0.3, -0.25) is 4.79 Å². The average Bonchev–Trinajstić information content (AvgIpc) is 2.46. The maximum Gasteiger partial charge on any atom is 0.307 e. The van der Waals surface area contributed by atoms with E-state index in [1.54, 1.807) is 0 Å². The lowest BCUT2D eigenvalue weighted by Gasteiger charge is -2.22. The van der Waals surface area contributed by atoms with Crippen LogP contribution in [0.2, 0.25) is 0 Å². The Balaban J connectivity index is 2.99. The lowest BCUT2D eigenvalue weighted by atomic mass is 9.89. The molecule has 1 rings (SSSR count). The number of esters is 1. The Bertz CT molecular complexity index is 471. The molecule has 1 aromatic carbocycles. The van der Waals surface area contributed by atoms with E-state index >= 15 is 0 Å². The van der Waals surface area contributed by atoms with E-state index in [2.05, 4.69) is 39.1 Å². The van der Waals surface area contributed by atoms with Crippen LogP contribution in [0, 0.1) is 27.7 Å². The van der Waals surface area contributed by atoms with Gasteiger partial charge in [0.05, 0.1) is 20.1 Å². The quantitative estimate of drug-likeness (QED) is 0.755. The molecule has 0 saturated carbocycles. The number of benzene rings is 1. The minimum Gasteiger partial charge on any atom is -0.469 e. The molecule has 0 saturated heterocycles. The highest BCUT2D eigenvalue weighted by Crippen LogP contribution is 2.23. The van der Waals surface area contributed by atoms with Crippen LogP contribution in [0.25, 0.3) is 0 Å². The number of hydrogen-bond donors (Lipinski definition) is 2. The first kappa shape index (κ1) is 17.7. The summed E-state index contributed by atoms with van der Waals surface area (Å²) in [7, 11) is 1.40. The van der Waals surface area contributed by atoms with Gasteiger partial charge in [-0.15, -0.1) is 0 Å². The van der Waals surface area contributed by atoms with Crippen molar-refractivity contribution in [1.29, 1.82) is 0 Å². The molecular weight excluding hydrogens is 266 g/mol. The molecule has 1 unspecified atom stereocenters. The van der Waals surface area contributed by atoms with Gasteiger partial charge in [-0.05, 0) is 61.9 Å². The van der Waals surface area contributed by atoms with Gasteiger partial charge < -0.3 is 15.2 Å². The van der Waals surface area contributed by atoms with Crippen molar-refractivity contribution < 1.29 is 14.6 Å². The zero-order valence-corrected chi connectivity index (χ0v) is 13.7. The Kier molecular flexibility index (Phi) is 6.85. The van der Waals surface area contributed by atoms with Crippen LogP contribution < -0.4 is 5.32 Å². The highest BCUT2D eigenvalue weighted by atomic mass is 16.5. The predicted octanol–water partition coefficient (Wildman–Crippen LogP) is 1.98. The minimum absolute atomic E-state index is 0.0248. The molecule has 1 aromatic rings. The van der Waals surface area contributed by atoms with E-state index in [-0.39, 0.29) is 18.6 Å². The van der Waals surface area contributed by atoms with Crippen LogP contribution in [-0.4, -0.2) is 37.4 Å². The number of hydrogen-bond acceptors (Lipinski definition) is 4. The van der Waals surface area contributed by atoms with Gasteiger partial charge in [0.15, 0.2) is 0 Å². The molecule has 0 spiro atoms. The van der Waals surface area contributed by atoms with E-state index in [1.165, 1.54) is 34.9 Å². The minimum atomic E-state index is -0.231. The predicted molar refractivity (Wildman–Crippen MR) is 84.6 cm³/mol. The second kappa shape index (κ2) is 8.15. The van der Waals surface area contributed by atoms with Crippen molar-refractivity contribution in [2.24, 2.45) is 0 Å². The zero-order chi connectivity index (χ0) is 16.0. The highest BCUT2D eigenvalue weighted by molar-refractivity contribution is 5.70. The third-order valence-corrected chi connectivity index (χ3v) is 4.16. The maximum atomic E-state index is 11.6. The van der Waals surface area contributed by atoms with Gasteiger partial charge in [0.1, 0.15) is 0 Å². The molecule has 0 aliphatic heterocycles. The van der Waals surface area contributed by atoms with Crippen molar-refractivity contribution in [3.05, 3.63) is 33.9 Å². The number of nitrogens with one attached hydrogen (secondary N) is 1. The van der Waals surface area contributed by atoms with E-state index in [1.807, 2.05) is 0 Å². The van der Waals surface area contributed by atoms with Gasteiger partial charge in [-0.1, -0.05) is 6.07 Å². The van der Waals surface area contributed by atoms with Crippen molar-refractivity contribution in [3.63, 3.8) is 0 Å². The Morgan fingerprint density at radius 2 is 1.81 bits per heavy atom. The Morgan fingerprint density at radius 3 is 2.29 bits per heavy atom. The molecule has 0 aliphatic carbocycles. The van der Waals surface area contributed by atoms with Gasteiger partial charge in [0.2, 0.25) is 0 Å². The summed E-state index contributed by atoms with van der Waals surface area (Å²) in [6.07, 6.45) is 1.07. The fraction of sp³-hybridized carbons (Fsp3) is 0.588. The molecule has 0 heterocycles. The maximum absolute atomic E-state index is 11.6. The van der Waals surface area contributed by atoms with Gasteiger partial charge in [0.25, 0.3) is 0 Å².